The number of nitrogens with one attached hydrogen (secondary N) is 4. The van der Waals surface area contributed by atoms with Crippen LogP contribution in [0, 0.1) is 11.8 Å². The standard InChI is InChI=1S/C26H39N5O5/c1-14(2)10-20(29-23(32)16(5)27)24(33)30-21(11-15(3)4)25(34)31-22(26(35)36)12-17-13-28-19-9-7-6-8-18(17)19/h6-9,13-16,20-22,28H,10-12,27H2,1-5H3,(H,29,32)(H,30,33)(H,31,34)(H,35,36). The lowest BCUT2D eigenvalue weighted by molar-refractivity contribution is -0.142. The first-order valence-electron chi connectivity index (χ1n) is 12.3. The van der Waals surface area contributed by atoms with Crippen molar-refractivity contribution in [2.75, 3.05) is 0 Å². The van der Waals surface area contributed by atoms with Gasteiger partial charge in [-0.15, -0.1) is 0 Å². The highest BCUT2D eigenvalue weighted by molar-refractivity contribution is 5.94. The predicted octanol–water partition coefficient (Wildman–Crippen LogP) is 1.69. The fourth-order valence-corrected chi connectivity index (χ4v) is 3.97. The van der Waals surface area contributed by atoms with Crippen molar-refractivity contribution >= 4 is 34.6 Å². The van der Waals surface area contributed by atoms with Crippen LogP contribution in [0.2, 0.25) is 0 Å². The highest BCUT2D eigenvalue weighted by atomic mass is 16.4. The number of nitrogens with two attached hydrogens (primary N) is 1. The molecule has 3 amide bonds. The van der Waals surface area contributed by atoms with Gasteiger partial charge >= 0.3 is 5.97 Å². The lowest BCUT2D eigenvalue weighted by Gasteiger charge is -2.26. The van der Waals surface area contributed by atoms with E-state index in [1.165, 1.54) is 6.92 Å². The van der Waals surface area contributed by atoms with E-state index >= 15 is 0 Å². The van der Waals surface area contributed by atoms with Crippen molar-refractivity contribution in [3.63, 3.8) is 0 Å². The molecule has 0 saturated heterocycles. The molecule has 1 aromatic heterocycles. The Hall–Kier alpha value is -3.40. The quantitative estimate of drug-likeness (QED) is 0.244. The molecule has 4 atom stereocenters. The molecule has 0 spiro atoms. The summed E-state index contributed by atoms with van der Waals surface area (Å²) in [5.41, 5.74) is 7.27. The second-order valence-corrected chi connectivity index (χ2v) is 10.1. The number of amides is 3. The summed E-state index contributed by atoms with van der Waals surface area (Å²) >= 11 is 0. The fourth-order valence-electron chi connectivity index (χ4n) is 3.97. The molecule has 198 valence electrons. The van der Waals surface area contributed by atoms with Crippen LogP contribution < -0.4 is 21.7 Å². The van der Waals surface area contributed by atoms with E-state index in [0.717, 1.165) is 16.5 Å². The van der Waals surface area contributed by atoms with E-state index in [0.29, 0.717) is 12.8 Å². The van der Waals surface area contributed by atoms with Crippen LogP contribution in [0.15, 0.2) is 30.5 Å². The zero-order valence-corrected chi connectivity index (χ0v) is 21.6. The molecule has 36 heavy (non-hydrogen) atoms. The number of hydrogen-bond donors (Lipinski definition) is 6. The van der Waals surface area contributed by atoms with Gasteiger partial charge in [0.1, 0.15) is 18.1 Å². The Morgan fingerprint density at radius 3 is 1.83 bits per heavy atom. The number of aliphatic carboxylic acids is 1. The highest BCUT2D eigenvalue weighted by Gasteiger charge is 2.31. The van der Waals surface area contributed by atoms with Gasteiger partial charge in [0.25, 0.3) is 0 Å². The van der Waals surface area contributed by atoms with E-state index in [9.17, 15) is 24.3 Å². The molecule has 10 heteroatoms. The number of carboxylic acid groups (broad SMARTS) is 1. The minimum Gasteiger partial charge on any atom is -0.480 e. The van der Waals surface area contributed by atoms with E-state index in [1.807, 2.05) is 52.0 Å². The Bertz CT molecular complexity index is 1060. The number of carbonyl (C=O) groups excluding carboxylic acids is 3. The van der Waals surface area contributed by atoms with Crippen LogP contribution in [-0.2, 0) is 25.6 Å². The van der Waals surface area contributed by atoms with Gasteiger partial charge in [0.05, 0.1) is 6.04 Å². The van der Waals surface area contributed by atoms with Crippen molar-refractivity contribution in [3.05, 3.63) is 36.0 Å². The smallest absolute Gasteiger partial charge is 0.326 e. The maximum atomic E-state index is 13.2. The lowest BCUT2D eigenvalue weighted by Crippen LogP contribution is -2.57. The number of H-pyrrole nitrogens is 1. The van der Waals surface area contributed by atoms with Gasteiger partial charge in [0.2, 0.25) is 17.7 Å². The number of carbonyl (C=O) groups is 4. The summed E-state index contributed by atoms with van der Waals surface area (Å²) in [5.74, 6) is -2.61. The van der Waals surface area contributed by atoms with Crippen molar-refractivity contribution < 1.29 is 24.3 Å². The molecule has 0 radical (unpaired) electrons. The Kier molecular flexibility index (Phi) is 10.5. The maximum Gasteiger partial charge on any atom is 0.326 e. The van der Waals surface area contributed by atoms with Crippen molar-refractivity contribution in [3.8, 4) is 0 Å². The number of benzene rings is 1. The van der Waals surface area contributed by atoms with Gasteiger partial charge in [0.15, 0.2) is 0 Å². The molecule has 0 fully saturated rings. The topological polar surface area (TPSA) is 166 Å². The molecule has 0 aliphatic rings. The molecule has 1 heterocycles. The van der Waals surface area contributed by atoms with Gasteiger partial charge in [-0.25, -0.2) is 4.79 Å². The SMILES string of the molecule is CC(C)CC(NC(=O)C(C)N)C(=O)NC(CC(C)C)C(=O)NC(Cc1c[nH]c2ccccc12)C(=O)O. The number of rotatable bonds is 13. The Morgan fingerprint density at radius 2 is 1.33 bits per heavy atom. The number of para-hydroxylation sites is 1. The van der Waals surface area contributed by atoms with Gasteiger partial charge in [-0.05, 0) is 43.2 Å². The molecule has 0 bridgehead atoms. The van der Waals surface area contributed by atoms with Gasteiger partial charge in [-0.1, -0.05) is 45.9 Å². The number of hydrogen-bond acceptors (Lipinski definition) is 5. The van der Waals surface area contributed by atoms with Crippen LogP contribution in [-0.4, -0.2) is 57.9 Å². The van der Waals surface area contributed by atoms with Crippen LogP contribution in [0.25, 0.3) is 10.9 Å². The van der Waals surface area contributed by atoms with Crippen molar-refractivity contribution in [1.29, 1.82) is 0 Å². The Labute approximate surface area is 211 Å². The van der Waals surface area contributed by atoms with E-state index < -0.39 is 47.9 Å². The number of aromatic nitrogens is 1. The summed E-state index contributed by atoms with van der Waals surface area (Å²) in [6, 6.07) is 3.70. The molecular formula is C26H39N5O5. The molecule has 10 nitrogen and oxygen atoms in total. The zero-order valence-electron chi connectivity index (χ0n) is 21.6. The number of aromatic amines is 1. The first-order valence-corrected chi connectivity index (χ1v) is 12.3. The molecule has 0 aliphatic heterocycles. The Morgan fingerprint density at radius 1 is 0.833 bits per heavy atom. The summed E-state index contributed by atoms with van der Waals surface area (Å²) in [5, 5.41) is 18.7. The van der Waals surface area contributed by atoms with E-state index in [4.69, 9.17) is 5.73 Å². The van der Waals surface area contributed by atoms with Gasteiger partial charge in [-0.2, -0.15) is 0 Å². The molecule has 7 N–H and O–H groups in total. The second-order valence-electron chi connectivity index (χ2n) is 10.1. The van der Waals surface area contributed by atoms with Gasteiger partial charge < -0.3 is 31.8 Å². The van der Waals surface area contributed by atoms with Crippen molar-refractivity contribution in [2.24, 2.45) is 17.6 Å². The largest absolute Gasteiger partial charge is 0.480 e. The first-order chi connectivity index (χ1) is 16.9. The van der Waals surface area contributed by atoms with Crippen molar-refractivity contribution in [1.82, 2.24) is 20.9 Å². The Balaban J connectivity index is 2.18. The third-order valence-corrected chi connectivity index (χ3v) is 5.81. The normalized spacial score (nSPS) is 14.8. The predicted molar refractivity (Wildman–Crippen MR) is 138 cm³/mol. The fraction of sp³-hybridized carbons (Fsp3) is 0.538. The second kappa shape index (κ2) is 13.1. The van der Waals surface area contributed by atoms with E-state index in [1.54, 1.807) is 6.20 Å². The number of fused-ring (bicyclic) bond motifs is 1. The monoisotopic (exact) mass is 501 g/mol. The van der Waals surface area contributed by atoms with Crippen molar-refractivity contribution in [2.45, 2.75) is 78.0 Å². The summed E-state index contributed by atoms with van der Waals surface area (Å²) < 4.78 is 0. The van der Waals surface area contributed by atoms with E-state index in [-0.39, 0.29) is 18.3 Å². The minimum absolute atomic E-state index is 0.0418. The third-order valence-electron chi connectivity index (χ3n) is 5.81. The summed E-state index contributed by atoms with van der Waals surface area (Å²) in [6.45, 7) is 9.15. The highest BCUT2D eigenvalue weighted by Crippen LogP contribution is 2.19. The van der Waals surface area contributed by atoms with Crippen LogP contribution in [0.5, 0.6) is 0 Å². The average molecular weight is 502 g/mol. The van der Waals surface area contributed by atoms with Crippen LogP contribution in [0.1, 0.15) is 53.0 Å². The third kappa shape index (κ3) is 8.37. The average Bonchev–Trinajstić information content (AvgIpc) is 3.19. The summed E-state index contributed by atoms with van der Waals surface area (Å²) in [4.78, 5) is 53.5. The number of carboxylic acids is 1. The maximum absolute atomic E-state index is 13.2. The van der Waals surface area contributed by atoms with Crippen LogP contribution in [0.4, 0.5) is 0 Å². The van der Waals surface area contributed by atoms with Crippen LogP contribution in [0.3, 0.4) is 0 Å². The molecule has 1 aromatic carbocycles. The van der Waals surface area contributed by atoms with Gasteiger partial charge in [0, 0.05) is 23.5 Å². The first kappa shape index (κ1) is 28.8. The molecule has 0 saturated carbocycles. The molecular weight excluding hydrogens is 462 g/mol. The zero-order chi connectivity index (χ0) is 27.0. The molecule has 2 rings (SSSR count). The van der Waals surface area contributed by atoms with E-state index in [2.05, 4.69) is 20.9 Å². The molecule has 0 aliphatic carbocycles. The van der Waals surface area contributed by atoms with Gasteiger partial charge in [-0.3, -0.25) is 14.4 Å². The van der Waals surface area contributed by atoms with Crippen LogP contribution >= 0.6 is 0 Å². The summed E-state index contributed by atoms with van der Waals surface area (Å²) in [7, 11) is 0. The minimum atomic E-state index is -1.19. The summed E-state index contributed by atoms with van der Waals surface area (Å²) in [6.07, 6.45) is 2.47. The molecule has 4 unspecified atom stereocenters. The molecule has 2 aromatic rings. The lowest BCUT2D eigenvalue weighted by atomic mass is 9.99.